The fourth-order valence-electron chi connectivity index (χ4n) is 3.29. The molecule has 9 heteroatoms. The zero-order valence-electron chi connectivity index (χ0n) is 16.0. The van der Waals surface area contributed by atoms with E-state index in [1.165, 1.54) is 0 Å². The predicted molar refractivity (Wildman–Crippen MR) is 98.1 cm³/mol. The minimum atomic E-state index is -0.231. The van der Waals surface area contributed by atoms with Crippen LogP contribution in [0.1, 0.15) is 50.8 Å². The van der Waals surface area contributed by atoms with Gasteiger partial charge in [0.2, 0.25) is 0 Å². The molecule has 3 aromatic heterocycles. The highest BCUT2D eigenvalue weighted by Crippen LogP contribution is 2.32. The molecule has 1 aliphatic heterocycles. The second-order valence-electron chi connectivity index (χ2n) is 7.94. The van der Waals surface area contributed by atoms with Gasteiger partial charge >= 0.3 is 0 Å². The highest BCUT2D eigenvalue weighted by Gasteiger charge is 2.30. The lowest BCUT2D eigenvalue weighted by Gasteiger charge is -2.24. The lowest BCUT2D eigenvalue weighted by Crippen LogP contribution is -2.30. The minimum Gasteiger partial charge on any atom is -0.339 e. The topological polar surface area (TPSA) is 110 Å². The maximum absolute atomic E-state index is 9.52. The number of fused-ring (bicyclic) bond motifs is 1. The summed E-state index contributed by atoms with van der Waals surface area (Å²) in [6.45, 7) is 9.36. The third kappa shape index (κ3) is 3.01. The first-order valence-corrected chi connectivity index (χ1v) is 9.06. The Labute approximate surface area is 157 Å². The van der Waals surface area contributed by atoms with E-state index in [1.54, 1.807) is 6.33 Å². The molecule has 0 amide bonds. The van der Waals surface area contributed by atoms with Crippen molar-refractivity contribution in [2.24, 2.45) is 0 Å². The van der Waals surface area contributed by atoms with E-state index in [0.717, 1.165) is 48.1 Å². The van der Waals surface area contributed by atoms with Crippen molar-refractivity contribution in [3.63, 3.8) is 0 Å². The summed E-state index contributed by atoms with van der Waals surface area (Å²) in [5.74, 6) is 1.47. The van der Waals surface area contributed by atoms with E-state index < -0.39 is 0 Å². The summed E-state index contributed by atoms with van der Waals surface area (Å²) < 4.78 is 6.74. The van der Waals surface area contributed by atoms with Crippen LogP contribution in [0.4, 0.5) is 5.82 Å². The number of hydrogen-bond donors (Lipinski definition) is 0. The number of aryl methyl sites for hydroxylation is 1. The summed E-state index contributed by atoms with van der Waals surface area (Å²) in [4.78, 5) is 16.3. The Balaban J connectivity index is 1.87. The third-order valence-corrected chi connectivity index (χ3v) is 4.86. The van der Waals surface area contributed by atoms with E-state index >= 15 is 0 Å². The first kappa shape index (κ1) is 17.4. The SMILES string of the molecule is Cc1nonc1Cn1cnc2c(N3CCCC3C#N)nc(C(C)(C)C)nc21. The molecule has 9 nitrogen and oxygen atoms in total. The van der Waals surface area contributed by atoms with Gasteiger partial charge in [-0.1, -0.05) is 31.1 Å². The normalized spacial score (nSPS) is 17.6. The first-order chi connectivity index (χ1) is 12.9. The average Bonchev–Trinajstić information content (AvgIpc) is 3.34. The van der Waals surface area contributed by atoms with E-state index in [4.69, 9.17) is 14.6 Å². The van der Waals surface area contributed by atoms with Gasteiger partial charge in [-0.25, -0.2) is 19.6 Å². The minimum absolute atomic E-state index is 0.178. The lowest BCUT2D eigenvalue weighted by atomic mass is 9.95. The van der Waals surface area contributed by atoms with E-state index in [1.807, 2.05) is 11.5 Å². The van der Waals surface area contributed by atoms with Gasteiger partial charge in [0.05, 0.1) is 18.9 Å². The Hall–Kier alpha value is -3.02. The van der Waals surface area contributed by atoms with Crippen molar-refractivity contribution >= 4 is 17.0 Å². The monoisotopic (exact) mass is 366 g/mol. The summed E-state index contributed by atoms with van der Waals surface area (Å²) in [5, 5.41) is 17.3. The van der Waals surface area contributed by atoms with Crippen LogP contribution in [0.3, 0.4) is 0 Å². The number of imidazole rings is 1. The van der Waals surface area contributed by atoms with Crippen molar-refractivity contribution < 1.29 is 4.63 Å². The number of rotatable bonds is 3. The Morgan fingerprint density at radius 2 is 2.11 bits per heavy atom. The molecule has 1 atom stereocenters. The Morgan fingerprint density at radius 1 is 1.30 bits per heavy atom. The van der Waals surface area contributed by atoms with Gasteiger partial charge in [0.25, 0.3) is 0 Å². The van der Waals surface area contributed by atoms with Crippen LogP contribution >= 0.6 is 0 Å². The number of nitriles is 1. The molecule has 1 unspecified atom stereocenters. The zero-order valence-corrected chi connectivity index (χ0v) is 16.0. The van der Waals surface area contributed by atoms with Crippen LogP contribution < -0.4 is 4.90 Å². The van der Waals surface area contributed by atoms with Crippen LogP contribution in [0.25, 0.3) is 11.2 Å². The molecule has 4 heterocycles. The van der Waals surface area contributed by atoms with E-state index in [0.29, 0.717) is 12.1 Å². The molecule has 4 rings (SSSR count). The predicted octanol–water partition coefficient (Wildman–Crippen LogP) is 2.36. The van der Waals surface area contributed by atoms with Crippen LogP contribution in [0.2, 0.25) is 0 Å². The fraction of sp³-hybridized carbons (Fsp3) is 0.556. The van der Waals surface area contributed by atoms with Crippen LogP contribution in [0.5, 0.6) is 0 Å². The molecule has 0 N–H and O–H groups in total. The van der Waals surface area contributed by atoms with Crippen LogP contribution in [0.15, 0.2) is 11.0 Å². The van der Waals surface area contributed by atoms with Crippen molar-refractivity contribution in [1.82, 2.24) is 29.8 Å². The van der Waals surface area contributed by atoms with Crippen molar-refractivity contribution in [1.29, 1.82) is 5.26 Å². The largest absolute Gasteiger partial charge is 0.339 e. The molecule has 27 heavy (non-hydrogen) atoms. The van der Waals surface area contributed by atoms with Gasteiger partial charge in [-0.2, -0.15) is 5.26 Å². The lowest BCUT2D eigenvalue weighted by molar-refractivity contribution is 0.300. The molecule has 0 saturated carbocycles. The molecule has 0 bridgehead atoms. The van der Waals surface area contributed by atoms with E-state index in [2.05, 4.69) is 47.0 Å². The molecule has 0 spiro atoms. The van der Waals surface area contributed by atoms with Gasteiger partial charge in [-0.3, -0.25) is 0 Å². The van der Waals surface area contributed by atoms with E-state index in [9.17, 15) is 5.26 Å². The summed E-state index contributed by atoms with van der Waals surface area (Å²) in [6, 6.07) is 2.21. The van der Waals surface area contributed by atoms with Crippen molar-refractivity contribution in [2.45, 2.75) is 58.5 Å². The summed E-state index contributed by atoms with van der Waals surface area (Å²) in [5.41, 5.74) is 2.69. The van der Waals surface area contributed by atoms with Crippen molar-refractivity contribution in [3.05, 3.63) is 23.5 Å². The van der Waals surface area contributed by atoms with Gasteiger partial charge < -0.3 is 9.47 Å². The van der Waals surface area contributed by atoms with Crippen LogP contribution in [0, 0.1) is 18.3 Å². The van der Waals surface area contributed by atoms with E-state index in [-0.39, 0.29) is 11.5 Å². The Bertz CT molecular complexity index is 1020. The quantitative estimate of drug-likeness (QED) is 0.695. The maximum atomic E-state index is 9.52. The summed E-state index contributed by atoms with van der Waals surface area (Å²) in [7, 11) is 0. The molecular formula is C18H22N8O. The summed E-state index contributed by atoms with van der Waals surface area (Å²) >= 11 is 0. The van der Waals surface area contributed by atoms with Gasteiger partial charge in [0.15, 0.2) is 17.0 Å². The standard InChI is InChI=1S/C18H22N8O/c1-11-13(24-27-23-11)9-25-10-20-14-15(25)21-17(18(2,3)4)22-16(14)26-7-5-6-12(26)8-19/h10,12H,5-7,9H2,1-4H3. The number of aromatic nitrogens is 6. The van der Waals surface area contributed by atoms with Crippen LogP contribution in [-0.4, -0.2) is 42.4 Å². The first-order valence-electron chi connectivity index (χ1n) is 9.06. The fourth-order valence-corrected chi connectivity index (χ4v) is 3.29. The average molecular weight is 366 g/mol. The highest BCUT2D eigenvalue weighted by molar-refractivity contribution is 5.84. The Kier molecular flexibility index (Phi) is 4.06. The number of anilines is 1. The number of hydrogen-bond acceptors (Lipinski definition) is 8. The molecule has 1 aliphatic rings. The Morgan fingerprint density at radius 3 is 2.78 bits per heavy atom. The molecule has 140 valence electrons. The molecule has 0 aliphatic carbocycles. The van der Waals surface area contributed by atoms with Gasteiger partial charge in [0, 0.05) is 12.0 Å². The van der Waals surface area contributed by atoms with Crippen molar-refractivity contribution in [3.8, 4) is 6.07 Å². The zero-order chi connectivity index (χ0) is 19.2. The van der Waals surface area contributed by atoms with Gasteiger partial charge in [0.1, 0.15) is 23.3 Å². The van der Waals surface area contributed by atoms with Gasteiger partial charge in [-0.05, 0) is 19.8 Å². The molecule has 0 radical (unpaired) electrons. The maximum Gasteiger partial charge on any atom is 0.166 e. The second-order valence-corrected chi connectivity index (χ2v) is 7.94. The molecule has 1 fully saturated rings. The second kappa shape index (κ2) is 6.30. The highest BCUT2D eigenvalue weighted by atomic mass is 16.6. The smallest absolute Gasteiger partial charge is 0.166 e. The summed E-state index contributed by atoms with van der Waals surface area (Å²) in [6.07, 6.45) is 3.55. The molecular weight excluding hydrogens is 344 g/mol. The van der Waals surface area contributed by atoms with Gasteiger partial charge in [-0.15, -0.1) is 0 Å². The molecule has 0 aromatic carbocycles. The molecule has 3 aromatic rings. The van der Waals surface area contributed by atoms with Crippen LogP contribution in [-0.2, 0) is 12.0 Å². The van der Waals surface area contributed by atoms with Crippen molar-refractivity contribution in [2.75, 3.05) is 11.4 Å². The molecule has 1 saturated heterocycles. The number of nitrogens with zero attached hydrogens (tertiary/aromatic N) is 8. The third-order valence-electron chi connectivity index (χ3n) is 4.86.